The van der Waals surface area contributed by atoms with E-state index in [-0.39, 0.29) is 0 Å². The summed E-state index contributed by atoms with van der Waals surface area (Å²) in [6.07, 6.45) is 6.48. The van der Waals surface area contributed by atoms with Gasteiger partial charge in [-0.2, -0.15) is 5.10 Å². The standard InChI is InChI=1S/C16H24N6/c1-4-18-16(20-12-15-7-10-21-22(15)3)19-9-6-14-5-8-17-11-13(14)2/h5,7-8,10-11H,4,6,9,12H2,1-3H3,(H2,18,19,20). The van der Waals surface area contributed by atoms with Crippen molar-refractivity contribution in [1.82, 2.24) is 25.4 Å². The Hall–Kier alpha value is -2.37. The molecule has 2 aromatic heterocycles. The summed E-state index contributed by atoms with van der Waals surface area (Å²) < 4.78 is 1.84. The molecule has 0 fully saturated rings. The van der Waals surface area contributed by atoms with Crippen LogP contribution >= 0.6 is 0 Å². The van der Waals surface area contributed by atoms with Gasteiger partial charge in [-0.15, -0.1) is 0 Å². The summed E-state index contributed by atoms with van der Waals surface area (Å²) in [5.74, 6) is 0.829. The Morgan fingerprint density at radius 3 is 2.82 bits per heavy atom. The zero-order chi connectivity index (χ0) is 15.8. The number of aliphatic imine (C=N–C) groups is 1. The molecule has 0 saturated heterocycles. The van der Waals surface area contributed by atoms with Crippen molar-refractivity contribution in [1.29, 1.82) is 0 Å². The molecule has 118 valence electrons. The topological polar surface area (TPSA) is 67.1 Å². The molecule has 0 bridgehead atoms. The normalized spacial score (nSPS) is 11.5. The van der Waals surface area contributed by atoms with Crippen molar-refractivity contribution in [2.24, 2.45) is 12.0 Å². The summed E-state index contributed by atoms with van der Waals surface area (Å²) in [5, 5.41) is 10.8. The summed E-state index contributed by atoms with van der Waals surface area (Å²) in [5.41, 5.74) is 3.62. The Morgan fingerprint density at radius 1 is 1.27 bits per heavy atom. The number of guanidine groups is 1. The lowest BCUT2D eigenvalue weighted by Crippen LogP contribution is -2.38. The van der Waals surface area contributed by atoms with Gasteiger partial charge in [0.25, 0.3) is 0 Å². The molecule has 2 heterocycles. The maximum Gasteiger partial charge on any atom is 0.191 e. The predicted octanol–water partition coefficient (Wildman–Crippen LogP) is 1.42. The fourth-order valence-electron chi connectivity index (χ4n) is 2.16. The molecule has 2 aromatic rings. The molecular weight excluding hydrogens is 276 g/mol. The van der Waals surface area contributed by atoms with Gasteiger partial charge in [0.05, 0.1) is 12.2 Å². The average molecular weight is 300 g/mol. The first-order valence-electron chi connectivity index (χ1n) is 7.59. The summed E-state index contributed by atoms with van der Waals surface area (Å²) >= 11 is 0. The van der Waals surface area contributed by atoms with Crippen LogP contribution in [0.3, 0.4) is 0 Å². The van der Waals surface area contributed by atoms with Crippen molar-refractivity contribution in [3.8, 4) is 0 Å². The van der Waals surface area contributed by atoms with Gasteiger partial charge in [0.2, 0.25) is 0 Å². The first-order chi connectivity index (χ1) is 10.7. The number of aromatic nitrogens is 3. The minimum atomic E-state index is 0.611. The fraction of sp³-hybridized carbons (Fsp3) is 0.438. The Balaban J connectivity index is 1.89. The van der Waals surface area contributed by atoms with Crippen LogP contribution in [0.25, 0.3) is 0 Å². The highest BCUT2D eigenvalue weighted by Gasteiger charge is 2.01. The van der Waals surface area contributed by atoms with Crippen molar-refractivity contribution in [3.63, 3.8) is 0 Å². The number of nitrogens with zero attached hydrogens (tertiary/aromatic N) is 4. The highest BCUT2D eigenvalue weighted by molar-refractivity contribution is 5.79. The van der Waals surface area contributed by atoms with E-state index in [1.807, 2.05) is 30.2 Å². The molecule has 0 spiro atoms. The van der Waals surface area contributed by atoms with Crippen LogP contribution in [0.4, 0.5) is 0 Å². The molecule has 0 amide bonds. The Labute approximate surface area is 131 Å². The summed E-state index contributed by atoms with van der Waals surface area (Å²) in [4.78, 5) is 8.71. The van der Waals surface area contributed by atoms with Crippen LogP contribution in [-0.2, 0) is 20.0 Å². The smallest absolute Gasteiger partial charge is 0.191 e. The molecule has 6 heteroatoms. The van der Waals surface area contributed by atoms with Gasteiger partial charge in [-0.25, -0.2) is 4.99 Å². The van der Waals surface area contributed by atoms with Crippen LogP contribution in [0.5, 0.6) is 0 Å². The number of rotatable bonds is 6. The van der Waals surface area contributed by atoms with Crippen LogP contribution in [0.1, 0.15) is 23.7 Å². The number of pyridine rings is 1. The molecule has 0 aromatic carbocycles. The molecule has 0 unspecified atom stereocenters. The third kappa shape index (κ3) is 4.58. The van der Waals surface area contributed by atoms with E-state index < -0.39 is 0 Å². The third-order valence-electron chi connectivity index (χ3n) is 3.49. The molecule has 2 N–H and O–H groups in total. The maximum absolute atomic E-state index is 4.59. The van der Waals surface area contributed by atoms with Gasteiger partial charge in [0, 0.05) is 38.7 Å². The summed E-state index contributed by atoms with van der Waals surface area (Å²) in [6, 6.07) is 4.05. The Kier molecular flexibility index (Phi) is 5.94. The second-order valence-corrected chi connectivity index (χ2v) is 5.12. The quantitative estimate of drug-likeness (QED) is 0.625. The van der Waals surface area contributed by atoms with Crippen LogP contribution in [-0.4, -0.2) is 33.8 Å². The van der Waals surface area contributed by atoms with E-state index in [1.165, 1.54) is 11.1 Å². The van der Waals surface area contributed by atoms with Crippen LogP contribution < -0.4 is 10.6 Å². The van der Waals surface area contributed by atoms with Gasteiger partial charge < -0.3 is 10.6 Å². The zero-order valence-corrected chi connectivity index (χ0v) is 13.5. The minimum Gasteiger partial charge on any atom is -0.357 e. The number of aryl methyl sites for hydroxylation is 2. The molecule has 0 radical (unpaired) electrons. The van der Waals surface area contributed by atoms with Crippen molar-refractivity contribution >= 4 is 5.96 Å². The molecule has 0 saturated carbocycles. The minimum absolute atomic E-state index is 0.611. The van der Waals surface area contributed by atoms with Gasteiger partial charge in [-0.3, -0.25) is 9.67 Å². The van der Waals surface area contributed by atoms with E-state index in [0.29, 0.717) is 6.54 Å². The van der Waals surface area contributed by atoms with Crippen molar-refractivity contribution < 1.29 is 0 Å². The fourth-order valence-corrected chi connectivity index (χ4v) is 2.16. The predicted molar refractivity (Wildman–Crippen MR) is 88.7 cm³/mol. The molecule has 22 heavy (non-hydrogen) atoms. The molecule has 2 rings (SSSR count). The highest BCUT2D eigenvalue weighted by Crippen LogP contribution is 2.04. The highest BCUT2D eigenvalue weighted by atomic mass is 15.3. The van der Waals surface area contributed by atoms with Gasteiger partial charge in [-0.1, -0.05) is 0 Å². The Morgan fingerprint density at radius 2 is 2.14 bits per heavy atom. The van der Waals surface area contributed by atoms with Gasteiger partial charge >= 0.3 is 0 Å². The lowest BCUT2D eigenvalue weighted by Gasteiger charge is -2.12. The van der Waals surface area contributed by atoms with Crippen molar-refractivity contribution in [2.45, 2.75) is 26.8 Å². The second-order valence-electron chi connectivity index (χ2n) is 5.12. The molecule has 6 nitrogen and oxygen atoms in total. The lowest BCUT2D eigenvalue weighted by molar-refractivity contribution is 0.707. The van der Waals surface area contributed by atoms with Crippen LogP contribution in [0.15, 0.2) is 35.7 Å². The first-order valence-corrected chi connectivity index (χ1v) is 7.59. The molecular formula is C16H24N6. The number of hydrogen-bond acceptors (Lipinski definition) is 3. The van der Waals surface area contributed by atoms with Crippen molar-refractivity contribution in [2.75, 3.05) is 13.1 Å². The van der Waals surface area contributed by atoms with Gasteiger partial charge in [-0.05, 0) is 43.5 Å². The Bertz CT molecular complexity index is 617. The SMILES string of the molecule is CCNC(=NCc1ccnn1C)NCCc1ccncc1C. The van der Waals surface area contributed by atoms with E-state index in [1.54, 1.807) is 6.20 Å². The zero-order valence-electron chi connectivity index (χ0n) is 13.5. The van der Waals surface area contributed by atoms with E-state index >= 15 is 0 Å². The van der Waals surface area contributed by atoms with Crippen molar-refractivity contribution in [3.05, 3.63) is 47.5 Å². The maximum atomic E-state index is 4.59. The molecule has 0 aliphatic carbocycles. The summed E-state index contributed by atoms with van der Waals surface area (Å²) in [7, 11) is 1.93. The summed E-state index contributed by atoms with van der Waals surface area (Å²) in [6.45, 7) is 6.44. The monoisotopic (exact) mass is 300 g/mol. The largest absolute Gasteiger partial charge is 0.357 e. The average Bonchev–Trinajstić information content (AvgIpc) is 2.92. The first kappa shape index (κ1) is 16.0. The third-order valence-corrected chi connectivity index (χ3v) is 3.49. The van der Waals surface area contributed by atoms with E-state index in [9.17, 15) is 0 Å². The van der Waals surface area contributed by atoms with Crippen LogP contribution in [0.2, 0.25) is 0 Å². The molecule has 0 aliphatic heterocycles. The van der Waals surface area contributed by atoms with E-state index in [4.69, 9.17) is 0 Å². The second kappa shape index (κ2) is 8.17. The molecule has 0 atom stereocenters. The van der Waals surface area contributed by atoms with Gasteiger partial charge in [0.1, 0.15) is 0 Å². The molecule has 0 aliphatic rings. The lowest BCUT2D eigenvalue weighted by atomic mass is 10.1. The van der Waals surface area contributed by atoms with E-state index in [2.05, 4.69) is 45.6 Å². The number of hydrogen-bond donors (Lipinski definition) is 2. The van der Waals surface area contributed by atoms with E-state index in [0.717, 1.165) is 31.2 Å². The van der Waals surface area contributed by atoms with Crippen LogP contribution in [0, 0.1) is 6.92 Å². The number of nitrogens with one attached hydrogen (secondary N) is 2. The van der Waals surface area contributed by atoms with Gasteiger partial charge in [0.15, 0.2) is 5.96 Å².